The average molecular weight is 518 g/mol. The monoisotopic (exact) mass is 517 g/mol. The maximum atomic E-state index is 13.3. The Morgan fingerprint density at radius 3 is 2.46 bits per heavy atom. The molecular weight excluding hydrogens is 486 g/mol. The molecule has 0 saturated carbocycles. The van der Waals surface area contributed by atoms with Crippen LogP contribution in [0.5, 0.6) is 11.5 Å². The van der Waals surface area contributed by atoms with Crippen molar-refractivity contribution in [2.75, 3.05) is 20.8 Å². The minimum absolute atomic E-state index is 0.116. The Labute approximate surface area is 220 Å². The summed E-state index contributed by atoms with van der Waals surface area (Å²) in [5.41, 5.74) is 3.91. The van der Waals surface area contributed by atoms with E-state index in [0.717, 1.165) is 11.1 Å². The Bertz CT molecular complexity index is 1430. The first-order chi connectivity index (χ1) is 18.0. The molecule has 4 rings (SSSR count). The number of ether oxygens (including phenoxy) is 2. The number of hydrogen-bond donors (Lipinski definition) is 1. The van der Waals surface area contributed by atoms with Crippen LogP contribution in [0.15, 0.2) is 76.7 Å². The van der Waals surface area contributed by atoms with E-state index >= 15 is 0 Å². The predicted molar refractivity (Wildman–Crippen MR) is 148 cm³/mol. The number of carbonyl (C=O) groups is 1. The van der Waals surface area contributed by atoms with Gasteiger partial charge in [-0.2, -0.15) is 0 Å². The summed E-state index contributed by atoms with van der Waals surface area (Å²) in [5, 5.41) is 4.12. The van der Waals surface area contributed by atoms with Gasteiger partial charge in [0, 0.05) is 25.3 Å². The molecule has 1 heterocycles. The van der Waals surface area contributed by atoms with Gasteiger partial charge in [-0.3, -0.25) is 14.2 Å². The summed E-state index contributed by atoms with van der Waals surface area (Å²) in [6.45, 7) is 2.79. The van der Waals surface area contributed by atoms with E-state index in [-0.39, 0.29) is 24.4 Å². The highest BCUT2D eigenvalue weighted by atomic mass is 32.2. The summed E-state index contributed by atoms with van der Waals surface area (Å²) in [6.07, 6.45) is 0.838. The lowest BCUT2D eigenvalue weighted by Gasteiger charge is -2.13. The van der Waals surface area contributed by atoms with Gasteiger partial charge in [-0.05, 0) is 48.7 Å². The first-order valence-corrected chi connectivity index (χ1v) is 13.1. The van der Waals surface area contributed by atoms with Crippen LogP contribution in [0.2, 0.25) is 0 Å². The van der Waals surface area contributed by atoms with Crippen molar-refractivity contribution >= 4 is 28.6 Å². The second kappa shape index (κ2) is 12.5. The molecule has 3 aromatic carbocycles. The van der Waals surface area contributed by atoms with E-state index in [9.17, 15) is 9.59 Å². The lowest BCUT2D eigenvalue weighted by Crippen LogP contribution is -2.30. The normalized spacial score (nSPS) is 10.9. The minimum atomic E-state index is -0.130. The molecule has 0 atom stereocenters. The summed E-state index contributed by atoms with van der Waals surface area (Å²) in [4.78, 5) is 30.7. The third-order valence-corrected chi connectivity index (χ3v) is 7.11. The molecule has 1 amide bonds. The Morgan fingerprint density at radius 2 is 1.70 bits per heavy atom. The Kier molecular flexibility index (Phi) is 8.85. The molecule has 1 aromatic heterocycles. The molecule has 1 N–H and O–H groups in total. The number of rotatable bonds is 11. The zero-order valence-corrected chi connectivity index (χ0v) is 22.1. The van der Waals surface area contributed by atoms with Gasteiger partial charge in [-0.1, -0.05) is 59.8 Å². The first kappa shape index (κ1) is 26.3. The number of methoxy groups -OCH3 is 2. The highest BCUT2D eigenvalue weighted by Crippen LogP contribution is 2.27. The number of aromatic nitrogens is 2. The fourth-order valence-corrected chi connectivity index (χ4v) is 4.95. The van der Waals surface area contributed by atoms with Crippen molar-refractivity contribution < 1.29 is 14.3 Å². The van der Waals surface area contributed by atoms with Crippen LogP contribution in [-0.2, 0) is 23.5 Å². The number of nitrogens with zero attached hydrogens (tertiary/aromatic N) is 2. The summed E-state index contributed by atoms with van der Waals surface area (Å²) >= 11 is 1.51. The zero-order valence-electron chi connectivity index (χ0n) is 21.3. The van der Waals surface area contributed by atoms with E-state index in [2.05, 4.69) is 36.5 Å². The molecule has 0 aliphatic rings. The first-order valence-electron chi connectivity index (χ1n) is 12.1. The molecule has 0 fully saturated rings. The van der Waals surface area contributed by atoms with Crippen LogP contribution < -0.4 is 20.3 Å². The minimum Gasteiger partial charge on any atom is -0.493 e. The third kappa shape index (κ3) is 6.71. The maximum absolute atomic E-state index is 13.3. The van der Waals surface area contributed by atoms with Crippen LogP contribution >= 0.6 is 11.8 Å². The van der Waals surface area contributed by atoms with Crippen molar-refractivity contribution in [2.45, 2.75) is 37.2 Å². The molecule has 0 saturated heterocycles. The standard InChI is InChI=1S/C29H31N3O4S/c1-20-8-10-22(11-9-20)19-37-29-31-24-7-5-4-6-23(24)28(34)32(29)17-15-27(33)30-16-14-21-12-13-25(35-2)26(18-21)36-3/h4-13,18H,14-17,19H2,1-3H3,(H,30,33). The molecule has 0 spiro atoms. The third-order valence-electron chi connectivity index (χ3n) is 6.06. The van der Waals surface area contributed by atoms with Crippen LogP contribution in [0.25, 0.3) is 10.9 Å². The number of para-hydroxylation sites is 1. The molecule has 0 aliphatic heterocycles. The molecule has 192 valence electrons. The molecule has 0 aliphatic carbocycles. The fourth-order valence-electron chi connectivity index (χ4n) is 3.97. The summed E-state index contributed by atoms with van der Waals surface area (Å²) in [6, 6.07) is 21.3. The Morgan fingerprint density at radius 1 is 0.973 bits per heavy atom. The molecule has 7 nitrogen and oxygen atoms in total. The smallest absolute Gasteiger partial charge is 0.262 e. The quantitative estimate of drug-likeness (QED) is 0.228. The number of fused-ring (bicyclic) bond motifs is 1. The van der Waals surface area contributed by atoms with Gasteiger partial charge in [0.05, 0.1) is 25.1 Å². The largest absolute Gasteiger partial charge is 0.493 e. The summed E-state index contributed by atoms with van der Waals surface area (Å²) in [5.74, 6) is 1.89. The van der Waals surface area contributed by atoms with Crippen molar-refractivity contribution in [1.29, 1.82) is 0 Å². The number of aryl methyl sites for hydroxylation is 1. The number of amides is 1. The van der Waals surface area contributed by atoms with E-state index in [1.54, 1.807) is 24.9 Å². The van der Waals surface area contributed by atoms with Crippen LogP contribution in [0.3, 0.4) is 0 Å². The van der Waals surface area contributed by atoms with Crippen LogP contribution in [0.4, 0.5) is 0 Å². The highest BCUT2D eigenvalue weighted by molar-refractivity contribution is 7.98. The molecule has 8 heteroatoms. The molecular formula is C29H31N3O4S. The molecule has 37 heavy (non-hydrogen) atoms. The van der Waals surface area contributed by atoms with Gasteiger partial charge in [-0.15, -0.1) is 0 Å². The number of hydrogen-bond acceptors (Lipinski definition) is 6. The SMILES string of the molecule is COc1ccc(CCNC(=O)CCn2c(SCc3ccc(C)cc3)nc3ccccc3c2=O)cc1OC. The molecule has 0 bridgehead atoms. The highest BCUT2D eigenvalue weighted by Gasteiger charge is 2.13. The van der Waals surface area contributed by atoms with Gasteiger partial charge in [0.2, 0.25) is 5.91 Å². The number of nitrogens with one attached hydrogen (secondary N) is 1. The lowest BCUT2D eigenvalue weighted by molar-refractivity contribution is -0.121. The van der Waals surface area contributed by atoms with Gasteiger partial charge in [-0.25, -0.2) is 4.98 Å². The van der Waals surface area contributed by atoms with E-state index in [1.807, 2.05) is 36.4 Å². The van der Waals surface area contributed by atoms with Gasteiger partial charge in [0.1, 0.15) is 0 Å². The Balaban J connectivity index is 1.41. The van der Waals surface area contributed by atoms with E-state index in [4.69, 9.17) is 14.5 Å². The van der Waals surface area contributed by atoms with Crippen LogP contribution in [0.1, 0.15) is 23.1 Å². The van der Waals surface area contributed by atoms with Crippen LogP contribution in [0, 0.1) is 6.92 Å². The summed E-state index contributed by atoms with van der Waals surface area (Å²) < 4.78 is 12.2. The van der Waals surface area contributed by atoms with Crippen molar-refractivity contribution in [1.82, 2.24) is 14.9 Å². The van der Waals surface area contributed by atoms with Gasteiger partial charge < -0.3 is 14.8 Å². The van der Waals surface area contributed by atoms with Crippen LogP contribution in [-0.4, -0.2) is 36.2 Å². The van der Waals surface area contributed by atoms with Gasteiger partial charge in [0.25, 0.3) is 5.56 Å². The van der Waals surface area contributed by atoms with Gasteiger partial charge in [0.15, 0.2) is 16.7 Å². The number of benzene rings is 3. The maximum Gasteiger partial charge on any atom is 0.262 e. The predicted octanol–water partition coefficient (Wildman–Crippen LogP) is 4.76. The topological polar surface area (TPSA) is 82.5 Å². The average Bonchev–Trinajstić information content (AvgIpc) is 2.92. The molecule has 4 aromatic rings. The second-order valence-corrected chi connectivity index (χ2v) is 9.62. The van der Waals surface area contributed by atoms with E-state index in [0.29, 0.717) is 46.3 Å². The van der Waals surface area contributed by atoms with Gasteiger partial charge >= 0.3 is 0 Å². The van der Waals surface area contributed by atoms with E-state index in [1.165, 1.54) is 17.3 Å². The summed E-state index contributed by atoms with van der Waals surface area (Å²) in [7, 11) is 3.20. The van der Waals surface area contributed by atoms with Crippen molar-refractivity contribution in [2.24, 2.45) is 0 Å². The molecule has 0 unspecified atom stereocenters. The lowest BCUT2D eigenvalue weighted by atomic mass is 10.1. The number of carbonyl (C=O) groups excluding carboxylic acids is 1. The molecule has 0 radical (unpaired) electrons. The van der Waals surface area contributed by atoms with E-state index < -0.39 is 0 Å². The van der Waals surface area contributed by atoms with Crippen molar-refractivity contribution in [3.63, 3.8) is 0 Å². The fraction of sp³-hybridized carbons (Fsp3) is 0.276. The zero-order chi connectivity index (χ0) is 26.2. The Hall–Kier alpha value is -3.78. The number of thioether (sulfide) groups is 1. The van der Waals surface area contributed by atoms with Crippen molar-refractivity contribution in [3.05, 3.63) is 93.8 Å². The van der Waals surface area contributed by atoms with Crippen molar-refractivity contribution in [3.8, 4) is 11.5 Å². The second-order valence-electron chi connectivity index (χ2n) is 8.68.